The molecule has 3 N–H and O–H groups in total. The molecule has 1 unspecified atom stereocenters. The van der Waals surface area contributed by atoms with Crippen LogP contribution in [-0.2, 0) is 11.2 Å². The minimum Gasteiger partial charge on any atom is -0.342 e. The summed E-state index contributed by atoms with van der Waals surface area (Å²) in [6.07, 6.45) is 3.26. The molecule has 2 heterocycles. The van der Waals surface area contributed by atoms with Crippen molar-refractivity contribution in [1.29, 1.82) is 0 Å². The van der Waals surface area contributed by atoms with Crippen LogP contribution < -0.4 is 10.2 Å². The van der Waals surface area contributed by atoms with E-state index in [0.29, 0.717) is 12.5 Å². The number of fused-ring (bicyclic) bond motifs is 1. The molecule has 1 saturated heterocycles. The van der Waals surface area contributed by atoms with E-state index in [1.807, 2.05) is 30.3 Å². The van der Waals surface area contributed by atoms with Crippen molar-refractivity contribution in [3.8, 4) is 0 Å². The van der Waals surface area contributed by atoms with E-state index in [1.54, 1.807) is 0 Å². The summed E-state index contributed by atoms with van der Waals surface area (Å²) in [5, 5.41) is 3.03. The standard InChI is InChI=1S/C22H26N4O/c1-2-16-9-11-18(12-10-16)23-21(27)15-26-13-5-6-17(14-26)22-24-19-7-3-4-8-20(19)25-22/h3-4,7-12,17H,2,5-6,13-15H2,1H3,(H,23,27)(H,24,25)/p+1/t17-/m0/s1. The largest absolute Gasteiger partial charge is 0.342 e. The van der Waals surface area contributed by atoms with Crippen molar-refractivity contribution in [3.63, 3.8) is 0 Å². The van der Waals surface area contributed by atoms with E-state index < -0.39 is 0 Å². The van der Waals surface area contributed by atoms with Gasteiger partial charge in [0, 0.05) is 5.69 Å². The molecule has 0 bridgehead atoms. The zero-order valence-electron chi connectivity index (χ0n) is 15.8. The third kappa shape index (κ3) is 4.19. The van der Waals surface area contributed by atoms with Crippen LogP contribution in [0.2, 0.25) is 0 Å². The van der Waals surface area contributed by atoms with Crippen molar-refractivity contribution >= 4 is 22.6 Å². The number of imidazole rings is 1. The summed E-state index contributed by atoms with van der Waals surface area (Å²) in [5.41, 5.74) is 4.27. The van der Waals surface area contributed by atoms with Crippen molar-refractivity contribution in [2.45, 2.75) is 32.1 Å². The van der Waals surface area contributed by atoms with Crippen LogP contribution in [0.25, 0.3) is 11.0 Å². The highest BCUT2D eigenvalue weighted by Gasteiger charge is 2.28. The number of likely N-dealkylation sites (tertiary alicyclic amines) is 1. The minimum atomic E-state index is 0.0829. The SMILES string of the molecule is CCc1ccc(NC(=O)C[NH+]2CCC[C@H](c3nc4ccccc4[nH]3)C2)cc1. The molecule has 1 amide bonds. The third-order valence-corrected chi connectivity index (χ3v) is 5.47. The van der Waals surface area contributed by atoms with Gasteiger partial charge in [-0.2, -0.15) is 0 Å². The first kappa shape index (κ1) is 17.7. The predicted molar refractivity (Wildman–Crippen MR) is 108 cm³/mol. The number of carbonyl (C=O) groups excluding carboxylic acids is 1. The average molecular weight is 363 g/mol. The van der Waals surface area contributed by atoms with Crippen molar-refractivity contribution in [3.05, 3.63) is 59.9 Å². The molecule has 0 spiro atoms. The number of hydrogen-bond donors (Lipinski definition) is 3. The number of quaternary nitrogens is 1. The van der Waals surface area contributed by atoms with Gasteiger partial charge >= 0.3 is 0 Å². The Kier molecular flexibility index (Phi) is 5.21. The van der Waals surface area contributed by atoms with Crippen molar-refractivity contribution < 1.29 is 9.69 Å². The maximum Gasteiger partial charge on any atom is 0.279 e. The topological polar surface area (TPSA) is 62.2 Å². The van der Waals surface area contributed by atoms with Gasteiger partial charge in [0.25, 0.3) is 5.91 Å². The van der Waals surface area contributed by atoms with Crippen LogP contribution in [-0.4, -0.2) is 35.5 Å². The third-order valence-electron chi connectivity index (χ3n) is 5.47. The maximum atomic E-state index is 12.5. The summed E-state index contributed by atoms with van der Waals surface area (Å²) in [4.78, 5) is 22.0. The summed E-state index contributed by atoms with van der Waals surface area (Å²) < 4.78 is 0. The second-order valence-corrected chi connectivity index (χ2v) is 7.46. The van der Waals surface area contributed by atoms with Crippen LogP contribution in [0.15, 0.2) is 48.5 Å². The molecule has 5 nitrogen and oxygen atoms in total. The van der Waals surface area contributed by atoms with E-state index in [4.69, 9.17) is 4.98 Å². The molecule has 1 aromatic heterocycles. The van der Waals surface area contributed by atoms with E-state index in [1.165, 1.54) is 10.5 Å². The quantitative estimate of drug-likeness (QED) is 0.652. The molecule has 0 aliphatic carbocycles. The monoisotopic (exact) mass is 363 g/mol. The van der Waals surface area contributed by atoms with Crippen molar-refractivity contribution in [2.75, 3.05) is 25.0 Å². The lowest BCUT2D eigenvalue weighted by Crippen LogP contribution is -3.14. The summed E-state index contributed by atoms with van der Waals surface area (Å²) in [6, 6.07) is 16.3. The fourth-order valence-electron chi connectivity index (χ4n) is 3.97. The first-order chi connectivity index (χ1) is 13.2. The van der Waals surface area contributed by atoms with E-state index >= 15 is 0 Å². The number of H-pyrrole nitrogens is 1. The first-order valence-electron chi connectivity index (χ1n) is 9.88. The number of aromatic amines is 1. The van der Waals surface area contributed by atoms with Crippen molar-refractivity contribution in [2.24, 2.45) is 0 Å². The van der Waals surface area contributed by atoms with E-state index in [2.05, 4.69) is 35.4 Å². The number of piperidine rings is 1. The molecule has 2 aromatic carbocycles. The Labute approximate surface area is 159 Å². The molecule has 5 heteroatoms. The molecule has 27 heavy (non-hydrogen) atoms. The Morgan fingerprint density at radius 3 is 2.81 bits per heavy atom. The number of carbonyl (C=O) groups is 1. The summed E-state index contributed by atoms with van der Waals surface area (Å²) >= 11 is 0. The van der Waals surface area contributed by atoms with Gasteiger partial charge in [-0.3, -0.25) is 4.79 Å². The highest BCUT2D eigenvalue weighted by atomic mass is 16.2. The molecular weight excluding hydrogens is 336 g/mol. The van der Waals surface area contributed by atoms with Gasteiger partial charge in [-0.05, 0) is 49.1 Å². The Balaban J connectivity index is 1.36. The fourth-order valence-corrected chi connectivity index (χ4v) is 3.97. The number of nitrogens with zero attached hydrogens (tertiary/aromatic N) is 1. The van der Waals surface area contributed by atoms with E-state index in [-0.39, 0.29) is 5.91 Å². The molecule has 2 atom stereocenters. The molecule has 140 valence electrons. The number of anilines is 1. The van der Waals surface area contributed by atoms with Gasteiger partial charge in [-0.1, -0.05) is 31.2 Å². The van der Waals surface area contributed by atoms with Gasteiger partial charge in [0.1, 0.15) is 5.82 Å². The van der Waals surface area contributed by atoms with Gasteiger partial charge in [-0.15, -0.1) is 0 Å². The lowest BCUT2D eigenvalue weighted by atomic mass is 9.97. The van der Waals surface area contributed by atoms with Gasteiger partial charge in [0.05, 0.1) is 30.0 Å². The fraction of sp³-hybridized carbons (Fsp3) is 0.364. The lowest BCUT2D eigenvalue weighted by molar-refractivity contribution is -0.898. The highest BCUT2D eigenvalue weighted by molar-refractivity contribution is 5.91. The summed E-state index contributed by atoms with van der Waals surface area (Å²) in [6.45, 7) is 4.62. The summed E-state index contributed by atoms with van der Waals surface area (Å²) in [7, 11) is 0. The number of aromatic nitrogens is 2. The molecular formula is C22H27N4O+. The number of rotatable bonds is 5. The summed E-state index contributed by atoms with van der Waals surface area (Å²) in [5.74, 6) is 1.53. The Bertz CT molecular complexity index is 882. The van der Waals surface area contributed by atoms with Crippen LogP contribution in [0.5, 0.6) is 0 Å². The van der Waals surface area contributed by atoms with Crippen LogP contribution in [0.3, 0.4) is 0 Å². The number of para-hydroxylation sites is 2. The molecule has 1 aliphatic heterocycles. The second kappa shape index (κ2) is 7.92. The average Bonchev–Trinajstić information content (AvgIpc) is 3.13. The number of hydrogen-bond acceptors (Lipinski definition) is 2. The van der Waals surface area contributed by atoms with Gasteiger partial charge in [0.2, 0.25) is 0 Å². The number of benzene rings is 2. The molecule has 1 fully saturated rings. The van der Waals surface area contributed by atoms with Crippen LogP contribution in [0, 0.1) is 0 Å². The maximum absolute atomic E-state index is 12.5. The smallest absolute Gasteiger partial charge is 0.279 e. The minimum absolute atomic E-state index is 0.0829. The number of aryl methyl sites for hydroxylation is 1. The molecule has 1 aliphatic rings. The first-order valence-corrected chi connectivity index (χ1v) is 9.88. The normalized spacial score (nSPS) is 19.9. The molecule has 4 rings (SSSR count). The van der Waals surface area contributed by atoms with E-state index in [0.717, 1.165) is 54.9 Å². The van der Waals surface area contributed by atoms with Crippen LogP contribution in [0.1, 0.15) is 37.1 Å². The molecule has 0 saturated carbocycles. The Morgan fingerprint density at radius 2 is 2.04 bits per heavy atom. The molecule has 3 aromatic rings. The van der Waals surface area contributed by atoms with Gasteiger partial charge in [0.15, 0.2) is 6.54 Å². The number of amides is 1. The second-order valence-electron chi connectivity index (χ2n) is 7.46. The number of nitrogens with one attached hydrogen (secondary N) is 3. The lowest BCUT2D eigenvalue weighted by Gasteiger charge is -2.28. The van der Waals surface area contributed by atoms with Crippen molar-refractivity contribution in [1.82, 2.24) is 9.97 Å². The Morgan fingerprint density at radius 1 is 1.22 bits per heavy atom. The van der Waals surface area contributed by atoms with Crippen LogP contribution >= 0.6 is 0 Å². The highest BCUT2D eigenvalue weighted by Crippen LogP contribution is 2.22. The molecule has 0 radical (unpaired) electrons. The zero-order valence-corrected chi connectivity index (χ0v) is 15.8. The zero-order chi connectivity index (χ0) is 18.6. The van der Waals surface area contributed by atoms with Crippen LogP contribution in [0.4, 0.5) is 5.69 Å². The Hall–Kier alpha value is -2.66. The van der Waals surface area contributed by atoms with E-state index in [9.17, 15) is 4.79 Å². The van der Waals surface area contributed by atoms with Gasteiger partial charge < -0.3 is 15.2 Å². The van der Waals surface area contributed by atoms with Gasteiger partial charge in [-0.25, -0.2) is 4.98 Å². The predicted octanol–water partition coefficient (Wildman–Crippen LogP) is 2.53.